The maximum absolute atomic E-state index is 10.8. The normalized spacial score (nSPS) is 14.6. The van der Waals surface area contributed by atoms with E-state index >= 15 is 0 Å². The Bertz CT molecular complexity index is 350. The zero-order valence-electron chi connectivity index (χ0n) is 10.8. The van der Waals surface area contributed by atoms with Crippen molar-refractivity contribution in [2.75, 3.05) is 13.6 Å². The van der Waals surface area contributed by atoms with Gasteiger partial charge in [-0.25, -0.2) is 0 Å². The van der Waals surface area contributed by atoms with Crippen LogP contribution in [0.3, 0.4) is 0 Å². The molecule has 3 heteroatoms. The number of carboxylic acids is 1. The summed E-state index contributed by atoms with van der Waals surface area (Å²) in [4.78, 5) is 12.7. The molecule has 2 unspecified atom stereocenters. The van der Waals surface area contributed by atoms with Gasteiger partial charge in [-0.1, -0.05) is 37.3 Å². The van der Waals surface area contributed by atoms with Crippen LogP contribution in [0.1, 0.15) is 31.7 Å². The van der Waals surface area contributed by atoms with Gasteiger partial charge in [0.05, 0.1) is 0 Å². The number of carbonyl (C=O) groups is 1. The maximum atomic E-state index is 10.8. The fourth-order valence-electron chi connectivity index (χ4n) is 1.73. The zero-order valence-corrected chi connectivity index (χ0v) is 10.8. The van der Waals surface area contributed by atoms with Crippen LogP contribution in [-0.4, -0.2) is 35.6 Å². The van der Waals surface area contributed by atoms with Crippen LogP contribution in [-0.2, 0) is 4.79 Å². The molecule has 1 rings (SSSR count). The highest BCUT2D eigenvalue weighted by Crippen LogP contribution is 2.18. The lowest BCUT2D eigenvalue weighted by Gasteiger charge is -2.23. The number of hydrogen-bond acceptors (Lipinski definition) is 2. The molecule has 0 aliphatic heterocycles. The lowest BCUT2D eigenvalue weighted by atomic mass is 9.97. The fraction of sp³-hybridized carbons (Fsp3) is 0.500. The van der Waals surface area contributed by atoms with Crippen molar-refractivity contribution in [1.29, 1.82) is 0 Å². The van der Waals surface area contributed by atoms with Crippen molar-refractivity contribution in [3.63, 3.8) is 0 Å². The zero-order chi connectivity index (χ0) is 12.8. The Labute approximate surface area is 103 Å². The minimum absolute atomic E-state index is 0.419. The molecule has 1 aromatic rings. The average molecular weight is 235 g/mol. The van der Waals surface area contributed by atoms with Gasteiger partial charge in [-0.05, 0) is 38.4 Å². The monoisotopic (exact) mass is 235 g/mol. The lowest BCUT2D eigenvalue weighted by molar-refractivity contribution is -0.142. The van der Waals surface area contributed by atoms with Crippen LogP contribution in [0.15, 0.2) is 30.3 Å². The van der Waals surface area contributed by atoms with Crippen molar-refractivity contribution < 1.29 is 9.90 Å². The molecule has 0 aliphatic carbocycles. The highest BCUT2D eigenvalue weighted by atomic mass is 16.4. The average Bonchev–Trinajstić information content (AvgIpc) is 2.35. The Hall–Kier alpha value is -1.35. The number of hydrogen-bond donors (Lipinski definition) is 1. The van der Waals surface area contributed by atoms with Gasteiger partial charge < -0.3 is 5.11 Å². The van der Waals surface area contributed by atoms with E-state index in [1.54, 1.807) is 6.92 Å². The number of likely N-dealkylation sites (N-methyl/N-ethyl adjacent to an activating group) is 1. The second kappa shape index (κ2) is 6.40. The first kappa shape index (κ1) is 13.7. The Morgan fingerprint density at radius 3 is 2.41 bits per heavy atom. The first-order chi connectivity index (χ1) is 8.02. The van der Waals surface area contributed by atoms with Gasteiger partial charge in [-0.2, -0.15) is 0 Å². The predicted octanol–water partition coefficient (Wildman–Crippen LogP) is 2.59. The molecule has 0 amide bonds. The Balaban J connectivity index is 2.43. The van der Waals surface area contributed by atoms with Crippen LogP contribution in [0.5, 0.6) is 0 Å². The molecule has 1 N–H and O–H groups in total. The molecule has 0 saturated carbocycles. The van der Waals surface area contributed by atoms with E-state index < -0.39 is 12.0 Å². The smallest absolute Gasteiger partial charge is 0.320 e. The van der Waals surface area contributed by atoms with E-state index in [1.165, 1.54) is 5.56 Å². The first-order valence-corrected chi connectivity index (χ1v) is 6.00. The fourth-order valence-corrected chi connectivity index (χ4v) is 1.73. The summed E-state index contributed by atoms with van der Waals surface area (Å²) in [6.07, 6.45) is 0.970. The van der Waals surface area contributed by atoms with Gasteiger partial charge in [0, 0.05) is 0 Å². The molecule has 0 aromatic heterocycles. The van der Waals surface area contributed by atoms with Gasteiger partial charge in [0.1, 0.15) is 6.04 Å². The van der Waals surface area contributed by atoms with Crippen LogP contribution >= 0.6 is 0 Å². The largest absolute Gasteiger partial charge is 0.480 e. The van der Waals surface area contributed by atoms with E-state index in [9.17, 15) is 4.79 Å². The van der Waals surface area contributed by atoms with Gasteiger partial charge >= 0.3 is 5.97 Å². The molecule has 17 heavy (non-hydrogen) atoms. The molecule has 0 saturated heterocycles. The van der Waals surface area contributed by atoms with Crippen molar-refractivity contribution in [2.24, 2.45) is 0 Å². The molecule has 0 aliphatic rings. The van der Waals surface area contributed by atoms with Crippen molar-refractivity contribution in [2.45, 2.75) is 32.2 Å². The van der Waals surface area contributed by atoms with Gasteiger partial charge in [0.2, 0.25) is 0 Å². The number of benzene rings is 1. The molecule has 1 aromatic carbocycles. The molecule has 0 heterocycles. The minimum atomic E-state index is -0.764. The first-order valence-electron chi connectivity index (χ1n) is 6.00. The van der Waals surface area contributed by atoms with Crippen molar-refractivity contribution in [1.82, 2.24) is 4.90 Å². The summed E-state index contributed by atoms with van der Waals surface area (Å²) in [5.41, 5.74) is 1.31. The molecule has 0 bridgehead atoms. The molecule has 3 nitrogen and oxygen atoms in total. The summed E-state index contributed by atoms with van der Waals surface area (Å²) in [7, 11) is 1.86. The van der Waals surface area contributed by atoms with E-state index in [-0.39, 0.29) is 0 Å². The van der Waals surface area contributed by atoms with Crippen LogP contribution < -0.4 is 0 Å². The number of nitrogens with zero attached hydrogens (tertiary/aromatic N) is 1. The quantitative estimate of drug-likeness (QED) is 0.824. The van der Waals surface area contributed by atoms with E-state index in [2.05, 4.69) is 19.1 Å². The van der Waals surface area contributed by atoms with Gasteiger partial charge in [-0.3, -0.25) is 9.69 Å². The minimum Gasteiger partial charge on any atom is -0.480 e. The summed E-state index contributed by atoms with van der Waals surface area (Å²) in [5.74, 6) is -0.306. The summed E-state index contributed by atoms with van der Waals surface area (Å²) < 4.78 is 0. The molecule has 0 radical (unpaired) electrons. The predicted molar refractivity (Wildman–Crippen MR) is 69.2 cm³/mol. The number of aliphatic carboxylic acids is 1. The third kappa shape index (κ3) is 4.19. The second-order valence-corrected chi connectivity index (χ2v) is 4.60. The van der Waals surface area contributed by atoms with E-state index in [0.717, 1.165) is 13.0 Å². The van der Waals surface area contributed by atoms with Crippen molar-refractivity contribution >= 4 is 5.97 Å². The van der Waals surface area contributed by atoms with E-state index in [4.69, 9.17) is 5.11 Å². The summed E-state index contributed by atoms with van der Waals surface area (Å²) in [6.45, 7) is 4.69. The Kier molecular flexibility index (Phi) is 5.16. The van der Waals surface area contributed by atoms with Gasteiger partial charge in [0.25, 0.3) is 0 Å². The van der Waals surface area contributed by atoms with E-state index in [0.29, 0.717) is 5.92 Å². The third-order valence-electron chi connectivity index (χ3n) is 3.30. The van der Waals surface area contributed by atoms with E-state index in [1.807, 2.05) is 30.1 Å². The van der Waals surface area contributed by atoms with Gasteiger partial charge in [-0.15, -0.1) is 0 Å². The molecular formula is C14H21NO2. The van der Waals surface area contributed by atoms with Crippen molar-refractivity contribution in [3.8, 4) is 0 Å². The molecule has 2 atom stereocenters. The molecule has 94 valence electrons. The van der Waals surface area contributed by atoms with Crippen LogP contribution in [0.4, 0.5) is 0 Å². The molecule has 0 fully saturated rings. The van der Waals surface area contributed by atoms with Crippen LogP contribution in [0, 0.1) is 0 Å². The Morgan fingerprint density at radius 2 is 1.88 bits per heavy atom. The second-order valence-electron chi connectivity index (χ2n) is 4.60. The maximum Gasteiger partial charge on any atom is 0.320 e. The lowest BCUT2D eigenvalue weighted by Crippen LogP contribution is -2.36. The molecular weight excluding hydrogens is 214 g/mol. The highest BCUT2D eigenvalue weighted by Gasteiger charge is 2.17. The standard InChI is InChI=1S/C14H21NO2/c1-11(13-7-5-4-6-8-13)9-10-15(3)12(2)14(16)17/h4-8,11-12H,9-10H2,1-3H3,(H,16,17). The SMILES string of the molecule is CC(CCN(C)C(C)C(=O)O)c1ccccc1. The number of carboxylic acid groups (broad SMARTS) is 1. The van der Waals surface area contributed by atoms with Gasteiger partial charge in [0.15, 0.2) is 0 Å². The summed E-state index contributed by atoms with van der Waals surface area (Å²) >= 11 is 0. The van der Waals surface area contributed by atoms with Crippen molar-refractivity contribution in [3.05, 3.63) is 35.9 Å². The van der Waals surface area contributed by atoms with Crippen LogP contribution in [0.25, 0.3) is 0 Å². The van der Waals surface area contributed by atoms with Crippen LogP contribution in [0.2, 0.25) is 0 Å². The number of rotatable bonds is 6. The summed E-state index contributed by atoms with van der Waals surface area (Å²) in [6, 6.07) is 9.90. The third-order valence-corrected chi connectivity index (χ3v) is 3.30. The molecule has 0 spiro atoms. The topological polar surface area (TPSA) is 40.5 Å². The Morgan fingerprint density at radius 1 is 1.29 bits per heavy atom. The highest BCUT2D eigenvalue weighted by molar-refractivity contribution is 5.72. The summed E-state index contributed by atoms with van der Waals surface area (Å²) in [5, 5.41) is 8.89.